The van der Waals surface area contributed by atoms with E-state index in [-0.39, 0.29) is 15.6 Å². The van der Waals surface area contributed by atoms with Crippen LogP contribution in [0.1, 0.15) is 5.56 Å². The number of hydrogen-bond donors (Lipinski definition) is 1. The molecule has 0 amide bonds. The van der Waals surface area contributed by atoms with E-state index in [1.54, 1.807) is 0 Å². The smallest absolute Gasteiger partial charge is 0.367 e. The zero-order chi connectivity index (χ0) is 13.2. The Morgan fingerprint density at radius 3 is 3.00 bits per heavy atom. The van der Waals surface area contributed by atoms with Gasteiger partial charge >= 0.3 is 5.97 Å². The van der Waals surface area contributed by atoms with Gasteiger partial charge in [-0.3, -0.25) is 0 Å². The Labute approximate surface area is 130 Å². The predicted molar refractivity (Wildman–Crippen MR) is 82.0 cm³/mol. The molecule has 0 bridgehead atoms. The summed E-state index contributed by atoms with van der Waals surface area (Å²) in [6.07, 6.45) is 0. The minimum atomic E-state index is -0.532. The van der Waals surface area contributed by atoms with Crippen molar-refractivity contribution < 1.29 is 9.90 Å². The van der Waals surface area contributed by atoms with Gasteiger partial charge in [0.05, 0.1) is 16.2 Å². The number of thioether (sulfide) groups is 1. The number of carboxylic acid groups (broad SMARTS) is 1. The summed E-state index contributed by atoms with van der Waals surface area (Å²) in [4.78, 5) is 11.5. The SMILES string of the molecule is O=C(O)[C@]12C(SCc3ccc(Cl)c(Br)c3)[C@H]3C4[S+]1C432. The van der Waals surface area contributed by atoms with Crippen LogP contribution in [0.5, 0.6) is 0 Å². The van der Waals surface area contributed by atoms with E-state index in [0.29, 0.717) is 15.0 Å². The Bertz CT molecular complexity index is 668. The lowest BCUT2D eigenvalue weighted by Crippen LogP contribution is -2.49. The second-order valence-electron chi connectivity index (χ2n) is 5.60. The van der Waals surface area contributed by atoms with Crippen molar-refractivity contribution in [2.24, 2.45) is 5.92 Å². The van der Waals surface area contributed by atoms with E-state index in [0.717, 1.165) is 21.4 Å². The fraction of sp³-hybridized carbons (Fsp3) is 0.462. The molecule has 4 aliphatic rings. The zero-order valence-corrected chi connectivity index (χ0v) is 13.6. The number of carboxylic acids is 1. The lowest BCUT2D eigenvalue weighted by Gasteiger charge is -2.21. The van der Waals surface area contributed by atoms with Crippen LogP contribution < -0.4 is 0 Å². The van der Waals surface area contributed by atoms with Crippen LogP contribution in [-0.4, -0.2) is 31.1 Å². The summed E-state index contributed by atoms with van der Waals surface area (Å²) in [5.41, 5.74) is 1.21. The highest BCUT2D eigenvalue weighted by atomic mass is 79.9. The molecule has 98 valence electrons. The molecule has 4 unspecified atom stereocenters. The van der Waals surface area contributed by atoms with Gasteiger partial charge in [0.25, 0.3) is 4.75 Å². The second kappa shape index (κ2) is 3.16. The van der Waals surface area contributed by atoms with Gasteiger partial charge in [-0.1, -0.05) is 17.7 Å². The maximum absolute atomic E-state index is 11.5. The fourth-order valence-corrected chi connectivity index (χ4v) is 11.5. The average molecular weight is 377 g/mol. The molecule has 6 atom stereocenters. The van der Waals surface area contributed by atoms with Crippen LogP contribution in [0, 0.1) is 5.92 Å². The Balaban J connectivity index is 1.33. The lowest BCUT2D eigenvalue weighted by molar-refractivity contribution is -0.140. The second-order valence-corrected chi connectivity index (χ2v) is 10.5. The van der Waals surface area contributed by atoms with Crippen LogP contribution in [0.4, 0.5) is 0 Å². The first-order valence-electron chi connectivity index (χ1n) is 6.10. The van der Waals surface area contributed by atoms with Gasteiger partial charge < -0.3 is 5.11 Å². The van der Waals surface area contributed by atoms with Crippen LogP contribution in [0.2, 0.25) is 5.02 Å². The molecular formula is C13H9BrClO2S2+. The van der Waals surface area contributed by atoms with Gasteiger partial charge in [0.15, 0.2) is 5.25 Å². The predicted octanol–water partition coefficient (Wildman–Crippen LogP) is 2.92. The molecule has 2 saturated heterocycles. The normalized spacial score (nSPS) is 49.8. The number of hydrogen-bond acceptors (Lipinski definition) is 2. The van der Waals surface area contributed by atoms with E-state index in [1.165, 1.54) is 5.56 Å². The van der Waals surface area contributed by atoms with Gasteiger partial charge in [0, 0.05) is 21.1 Å². The van der Waals surface area contributed by atoms with E-state index >= 15 is 0 Å². The molecule has 1 N–H and O–H groups in total. The third kappa shape index (κ3) is 0.991. The molecule has 2 saturated carbocycles. The summed E-state index contributed by atoms with van der Waals surface area (Å²) in [5.74, 6) is 1.09. The minimum Gasteiger partial charge on any atom is -0.477 e. The largest absolute Gasteiger partial charge is 0.477 e. The van der Waals surface area contributed by atoms with E-state index in [4.69, 9.17) is 11.6 Å². The quantitative estimate of drug-likeness (QED) is 0.648. The maximum atomic E-state index is 11.5. The van der Waals surface area contributed by atoms with Crippen molar-refractivity contribution >= 4 is 56.2 Å². The van der Waals surface area contributed by atoms with Crippen molar-refractivity contribution in [2.75, 3.05) is 0 Å². The van der Waals surface area contributed by atoms with Crippen molar-refractivity contribution in [3.8, 4) is 0 Å². The summed E-state index contributed by atoms with van der Waals surface area (Å²) in [7, 11) is 0.281. The Morgan fingerprint density at radius 1 is 1.58 bits per heavy atom. The monoisotopic (exact) mass is 375 g/mol. The first-order chi connectivity index (χ1) is 9.07. The summed E-state index contributed by atoms with van der Waals surface area (Å²) >= 11 is 11.2. The molecule has 19 heavy (non-hydrogen) atoms. The van der Waals surface area contributed by atoms with Gasteiger partial charge in [-0.2, -0.15) is 0 Å². The van der Waals surface area contributed by atoms with E-state index in [9.17, 15) is 9.90 Å². The van der Waals surface area contributed by atoms with Gasteiger partial charge in [-0.25, -0.2) is 4.79 Å². The highest BCUT2D eigenvalue weighted by Gasteiger charge is 3.38. The van der Waals surface area contributed by atoms with Crippen molar-refractivity contribution in [1.29, 1.82) is 0 Å². The van der Waals surface area contributed by atoms with Gasteiger partial charge in [0.2, 0.25) is 4.75 Å². The van der Waals surface area contributed by atoms with Crippen LogP contribution in [-0.2, 0) is 21.4 Å². The molecule has 1 spiro atoms. The highest BCUT2D eigenvalue weighted by Crippen LogP contribution is 3.07. The molecular weight excluding hydrogens is 368 g/mol. The molecule has 5 rings (SSSR count). The van der Waals surface area contributed by atoms with Gasteiger partial charge in [0.1, 0.15) is 0 Å². The molecule has 2 heterocycles. The van der Waals surface area contributed by atoms with Crippen LogP contribution in [0.25, 0.3) is 0 Å². The maximum Gasteiger partial charge on any atom is 0.367 e. The van der Waals surface area contributed by atoms with E-state index in [1.807, 2.05) is 30.0 Å². The number of benzene rings is 1. The molecule has 0 radical (unpaired) electrons. The minimum absolute atomic E-state index is 0.281. The topological polar surface area (TPSA) is 37.3 Å². The molecule has 1 aromatic carbocycles. The standard InChI is InChI=1S/C13H8BrClO2S2/c14-6-3-5(1-2-7(6)15)4-18-9-8-10-12(8)13(9,11(16)17)19(10)12/h1-3,8-10H,4H2/p+1/t8-,9?,10?,12?,13-,19?/m0/s1. The number of carbonyl (C=O) groups is 1. The van der Waals surface area contributed by atoms with E-state index in [2.05, 4.69) is 15.9 Å². The Hall–Kier alpha value is 0.160. The third-order valence-electron chi connectivity index (χ3n) is 5.04. The molecule has 1 aromatic rings. The number of rotatable bonds is 4. The van der Waals surface area contributed by atoms with Crippen LogP contribution in [0.15, 0.2) is 22.7 Å². The van der Waals surface area contributed by atoms with Gasteiger partial charge in [-0.15, -0.1) is 11.8 Å². The van der Waals surface area contributed by atoms with Crippen LogP contribution in [0.3, 0.4) is 0 Å². The first-order valence-corrected chi connectivity index (χ1v) is 9.61. The van der Waals surface area contributed by atoms with Crippen molar-refractivity contribution in [3.63, 3.8) is 0 Å². The molecule has 4 fully saturated rings. The highest BCUT2D eigenvalue weighted by molar-refractivity contribution is 9.10. The first kappa shape index (κ1) is 11.8. The number of halogens is 2. The molecule has 0 aromatic heterocycles. The summed E-state index contributed by atoms with van der Waals surface area (Å²) in [6, 6.07) is 5.94. The van der Waals surface area contributed by atoms with Gasteiger partial charge in [-0.05, 0) is 33.6 Å². The molecule has 2 nitrogen and oxygen atoms in total. The summed E-state index contributed by atoms with van der Waals surface area (Å²) in [5, 5.41) is 11.4. The third-order valence-corrected chi connectivity index (χ3v) is 11.7. The fourth-order valence-electron chi connectivity index (χ4n) is 4.18. The molecule has 6 heteroatoms. The number of fused-ring (bicyclic) bond motifs is 3. The van der Waals surface area contributed by atoms with Crippen molar-refractivity contribution in [3.05, 3.63) is 33.3 Å². The van der Waals surface area contributed by atoms with Crippen molar-refractivity contribution in [2.45, 2.75) is 25.7 Å². The molecule has 2 aliphatic heterocycles. The Morgan fingerprint density at radius 2 is 2.37 bits per heavy atom. The number of aliphatic carboxylic acids is 1. The van der Waals surface area contributed by atoms with Crippen molar-refractivity contribution in [1.82, 2.24) is 0 Å². The van der Waals surface area contributed by atoms with E-state index < -0.39 is 5.97 Å². The Kier molecular flexibility index (Phi) is 1.96. The summed E-state index contributed by atoms with van der Waals surface area (Å²) < 4.78 is 0.974. The zero-order valence-electron chi connectivity index (χ0n) is 9.60. The average Bonchev–Trinajstić information content (AvgIpc) is 3.23. The summed E-state index contributed by atoms with van der Waals surface area (Å²) in [6.45, 7) is 0. The molecule has 2 aliphatic carbocycles. The van der Waals surface area contributed by atoms with Crippen LogP contribution >= 0.6 is 39.3 Å². The lowest BCUT2D eigenvalue weighted by atomic mass is 9.85.